The van der Waals surface area contributed by atoms with Crippen molar-refractivity contribution >= 4 is 40.6 Å². The Morgan fingerprint density at radius 1 is 0.868 bits per heavy atom. The van der Waals surface area contributed by atoms with Crippen molar-refractivity contribution in [1.82, 2.24) is 10.2 Å². The number of nitrogens with zero attached hydrogens (tertiary/aromatic N) is 1. The fraction of sp³-hybridized carbons (Fsp3) is 0.241. The number of hydrogen-bond acceptors (Lipinski definition) is 2. The van der Waals surface area contributed by atoms with E-state index in [1.165, 1.54) is 18.2 Å². The van der Waals surface area contributed by atoms with Gasteiger partial charge in [-0.1, -0.05) is 65.7 Å². The number of carbonyl (C=O) groups is 2. The highest BCUT2D eigenvalue weighted by Gasteiger charge is 2.30. The zero-order valence-electron chi connectivity index (χ0n) is 20.3. The average molecular weight is 561 g/mol. The van der Waals surface area contributed by atoms with E-state index in [0.717, 1.165) is 17.7 Å². The minimum atomic E-state index is -4.43. The normalized spacial score (nSPS) is 14.9. The molecule has 1 N–H and O–H groups in total. The van der Waals surface area contributed by atoms with Crippen LogP contribution in [0.1, 0.15) is 39.9 Å². The van der Waals surface area contributed by atoms with E-state index in [1.807, 2.05) is 30.3 Å². The lowest BCUT2D eigenvalue weighted by molar-refractivity contribution is -0.137. The van der Waals surface area contributed by atoms with Gasteiger partial charge < -0.3 is 10.2 Å². The molecule has 4 rings (SSSR count). The predicted molar refractivity (Wildman–Crippen MR) is 143 cm³/mol. The van der Waals surface area contributed by atoms with E-state index < -0.39 is 11.7 Å². The Kier molecular flexibility index (Phi) is 8.80. The Morgan fingerprint density at radius 3 is 2.03 bits per heavy atom. The third-order valence-electron chi connectivity index (χ3n) is 6.48. The van der Waals surface area contributed by atoms with Gasteiger partial charge in [0.2, 0.25) is 5.91 Å². The molecule has 1 aliphatic rings. The quantitative estimate of drug-likeness (QED) is 0.326. The first-order valence-corrected chi connectivity index (χ1v) is 12.8. The molecular formula is C29H25Cl2F3N2O2. The molecule has 1 saturated heterocycles. The maximum atomic E-state index is 13.2. The molecule has 0 saturated carbocycles. The van der Waals surface area contributed by atoms with Crippen molar-refractivity contribution in [2.45, 2.75) is 19.0 Å². The molecule has 3 aromatic carbocycles. The maximum absolute atomic E-state index is 13.2. The number of piperidine rings is 1. The van der Waals surface area contributed by atoms with Crippen LogP contribution >= 0.6 is 23.2 Å². The summed E-state index contributed by atoms with van der Waals surface area (Å²) in [5.74, 6) is -0.273. The van der Waals surface area contributed by atoms with Gasteiger partial charge in [0.15, 0.2) is 0 Å². The van der Waals surface area contributed by atoms with Crippen LogP contribution in [0.4, 0.5) is 13.2 Å². The summed E-state index contributed by atoms with van der Waals surface area (Å²) in [4.78, 5) is 27.4. The van der Waals surface area contributed by atoms with Gasteiger partial charge in [-0.05, 0) is 65.8 Å². The smallest absolute Gasteiger partial charge is 0.352 e. The predicted octanol–water partition coefficient (Wildman–Crippen LogP) is 7.11. The summed E-state index contributed by atoms with van der Waals surface area (Å²) in [6.45, 7) is 1.48. The first-order valence-electron chi connectivity index (χ1n) is 12.1. The molecule has 1 aliphatic heterocycles. The van der Waals surface area contributed by atoms with E-state index in [0.29, 0.717) is 59.2 Å². The van der Waals surface area contributed by atoms with Gasteiger partial charge in [0.05, 0.1) is 5.56 Å². The van der Waals surface area contributed by atoms with E-state index in [2.05, 4.69) is 5.32 Å². The summed E-state index contributed by atoms with van der Waals surface area (Å²) in [6.07, 6.45) is -1.53. The topological polar surface area (TPSA) is 49.4 Å². The summed E-state index contributed by atoms with van der Waals surface area (Å²) >= 11 is 12.0. The molecule has 0 radical (unpaired) electrons. The van der Waals surface area contributed by atoms with Crippen LogP contribution in [0.15, 0.2) is 78.9 Å². The second-order valence-corrected chi connectivity index (χ2v) is 10.0. The molecule has 0 atom stereocenters. The number of rotatable bonds is 6. The molecule has 1 heterocycles. The monoisotopic (exact) mass is 560 g/mol. The van der Waals surface area contributed by atoms with Gasteiger partial charge in [-0.25, -0.2) is 0 Å². The highest BCUT2D eigenvalue weighted by molar-refractivity contribution is 6.35. The molecule has 2 amide bonds. The van der Waals surface area contributed by atoms with Gasteiger partial charge in [0.1, 0.15) is 0 Å². The van der Waals surface area contributed by atoms with E-state index in [9.17, 15) is 22.8 Å². The third kappa shape index (κ3) is 7.17. The van der Waals surface area contributed by atoms with Crippen molar-refractivity contribution in [1.29, 1.82) is 0 Å². The Bertz CT molecular complexity index is 1300. The Balaban J connectivity index is 1.40. The molecule has 0 aliphatic carbocycles. The Labute approximate surface area is 229 Å². The standard InChI is InChI=1S/C29H25Cl2F3N2O2/c30-24-14-22(15-25(31)16-24)28(38)35-18-19-10-12-36(13-11-19)27(37)17-26(20-4-2-1-3-5-20)21-6-8-23(9-7-21)29(32,33)34/h1-9,14-17,19H,10-13,18H2,(H,35,38)/b26-17+. The third-order valence-corrected chi connectivity index (χ3v) is 6.91. The number of benzene rings is 3. The minimum Gasteiger partial charge on any atom is -0.352 e. The molecule has 0 unspecified atom stereocenters. The van der Waals surface area contributed by atoms with Gasteiger partial charge in [-0.3, -0.25) is 9.59 Å². The van der Waals surface area contributed by atoms with Crippen molar-refractivity contribution in [2.24, 2.45) is 5.92 Å². The molecule has 1 fully saturated rings. The van der Waals surface area contributed by atoms with Gasteiger partial charge in [-0.2, -0.15) is 13.2 Å². The average Bonchev–Trinajstić information content (AvgIpc) is 2.90. The van der Waals surface area contributed by atoms with Crippen LogP contribution in [0.3, 0.4) is 0 Å². The summed E-state index contributed by atoms with van der Waals surface area (Å²) in [7, 11) is 0. The Morgan fingerprint density at radius 2 is 1.45 bits per heavy atom. The van der Waals surface area contributed by atoms with E-state index in [4.69, 9.17) is 23.2 Å². The fourth-order valence-corrected chi connectivity index (χ4v) is 4.91. The highest BCUT2D eigenvalue weighted by atomic mass is 35.5. The zero-order valence-corrected chi connectivity index (χ0v) is 21.8. The van der Waals surface area contributed by atoms with Crippen LogP contribution in [-0.2, 0) is 11.0 Å². The second kappa shape index (κ2) is 12.0. The largest absolute Gasteiger partial charge is 0.416 e. The molecular weight excluding hydrogens is 536 g/mol. The van der Waals surface area contributed by atoms with Crippen LogP contribution in [-0.4, -0.2) is 36.3 Å². The molecule has 198 valence electrons. The SMILES string of the molecule is O=C(NCC1CCN(C(=O)/C=C(\c2ccccc2)c2ccc(C(F)(F)F)cc2)CC1)c1cc(Cl)cc(Cl)c1. The number of halogens is 5. The number of likely N-dealkylation sites (tertiary alicyclic amines) is 1. The van der Waals surface area contributed by atoms with E-state index in [1.54, 1.807) is 23.1 Å². The fourth-order valence-electron chi connectivity index (χ4n) is 4.39. The van der Waals surface area contributed by atoms with Crippen LogP contribution < -0.4 is 5.32 Å². The summed E-state index contributed by atoms with van der Waals surface area (Å²) in [5.41, 5.74) is 1.46. The van der Waals surface area contributed by atoms with Crippen molar-refractivity contribution < 1.29 is 22.8 Å². The van der Waals surface area contributed by atoms with E-state index in [-0.39, 0.29) is 17.7 Å². The van der Waals surface area contributed by atoms with Crippen molar-refractivity contribution in [3.63, 3.8) is 0 Å². The summed E-state index contributed by atoms with van der Waals surface area (Å²) in [5, 5.41) is 3.67. The number of nitrogens with one attached hydrogen (secondary N) is 1. The van der Waals surface area contributed by atoms with Gasteiger partial charge >= 0.3 is 6.18 Å². The maximum Gasteiger partial charge on any atom is 0.416 e. The highest BCUT2D eigenvalue weighted by Crippen LogP contribution is 2.31. The molecule has 38 heavy (non-hydrogen) atoms. The van der Waals surface area contributed by atoms with Crippen molar-refractivity contribution in [3.05, 3.63) is 111 Å². The summed E-state index contributed by atoms with van der Waals surface area (Å²) < 4.78 is 39.1. The molecule has 4 nitrogen and oxygen atoms in total. The lowest BCUT2D eigenvalue weighted by atomic mass is 9.94. The van der Waals surface area contributed by atoms with Crippen LogP contribution in [0.25, 0.3) is 5.57 Å². The lowest BCUT2D eigenvalue weighted by Crippen LogP contribution is -2.41. The van der Waals surface area contributed by atoms with Crippen LogP contribution in [0.2, 0.25) is 10.0 Å². The summed E-state index contributed by atoms with van der Waals surface area (Å²) in [6, 6.07) is 18.6. The van der Waals surface area contributed by atoms with Crippen LogP contribution in [0, 0.1) is 5.92 Å². The second-order valence-electron chi connectivity index (χ2n) is 9.14. The van der Waals surface area contributed by atoms with Gasteiger partial charge in [0, 0.05) is 41.3 Å². The van der Waals surface area contributed by atoms with Crippen molar-refractivity contribution in [2.75, 3.05) is 19.6 Å². The lowest BCUT2D eigenvalue weighted by Gasteiger charge is -2.31. The Hall–Kier alpha value is -3.29. The van der Waals surface area contributed by atoms with Crippen molar-refractivity contribution in [3.8, 4) is 0 Å². The van der Waals surface area contributed by atoms with Gasteiger partial charge in [-0.15, -0.1) is 0 Å². The first-order chi connectivity index (χ1) is 18.1. The van der Waals surface area contributed by atoms with E-state index >= 15 is 0 Å². The minimum absolute atomic E-state index is 0.199. The van der Waals surface area contributed by atoms with Crippen LogP contribution in [0.5, 0.6) is 0 Å². The molecule has 0 bridgehead atoms. The first kappa shape index (κ1) is 27.7. The van der Waals surface area contributed by atoms with Gasteiger partial charge in [0.25, 0.3) is 5.91 Å². The number of carbonyl (C=O) groups excluding carboxylic acids is 2. The molecule has 3 aromatic rings. The molecule has 0 spiro atoms. The number of hydrogen-bond donors (Lipinski definition) is 1. The number of amides is 2. The zero-order chi connectivity index (χ0) is 27.3. The molecule has 0 aromatic heterocycles. The number of alkyl halides is 3. The molecule has 9 heteroatoms.